The Morgan fingerprint density at radius 2 is 2.31 bits per heavy atom. The lowest BCUT2D eigenvalue weighted by molar-refractivity contribution is -0.138. The first-order chi connectivity index (χ1) is 6.33. The van der Waals surface area contributed by atoms with Gasteiger partial charge < -0.3 is 5.32 Å². The first-order valence-corrected chi connectivity index (χ1v) is 4.49. The number of hydrogen-bond donors (Lipinski definition) is 1. The highest BCUT2D eigenvalue weighted by Gasteiger charge is 2.35. The maximum atomic E-state index is 11.6. The minimum atomic E-state index is -0.109. The molecule has 0 bridgehead atoms. The lowest BCUT2D eigenvalue weighted by atomic mass is 10.1. The highest BCUT2D eigenvalue weighted by Crippen LogP contribution is 2.11. The van der Waals surface area contributed by atoms with Crippen LogP contribution in [0.4, 0.5) is 0 Å². The zero-order valence-electron chi connectivity index (χ0n) is 7.36. The van der Waals surface area contributed by atoms with Crippen LogP contribution in [0.3, 0.4) is 0 Å². The third kappa shape index (κ3) is 1.39. The van der Waals surface area contributed by atoms with Crippen LogP contribution in [-0.2, 0) is 4.79 Å². The van der Waals surface area contributed by atoms with Gasteiger partial charge in [-0.1, -0.05) is 0 Å². The van der Waals surface area contributed by atoms with E-state index in [1.54, 1.807) is 0 Å². The molecule has 0 saturated carbocycles. The van der Waals surface area contributed by atoms with Crippen LogP contribution in [0.1, 0.15) is 0 Å². The van der Waals surface area contributed by atoms with Crippen LogP contribution in [0.15, 0.2) is 0 Å². The predicted octanol–water partition coefficient (Wildman–Crippen LogP) is -1.42. The Morgan fingerprint density at radius 1 is 1.46 bits per heavy atom. The number of nitrogens with zero attached hydrogens (tertiary/aromatic N) is 3. The van der Waals surface area contributed by atoms with Crippen molar-refractivity contribution in [3.05, 3.63) is 0 Å². The van der Waals surface area contributed by atoms with Gasteiger partial charge in [-0.15, -0.1) is 0 Å². The Morgan fingerprint density at radius 3 is 3.08 bits per heavy atom. The zero-order chi connectivity index (χ0) is 9.26. The molecule has 0 aliphatic carbocycles. The average Bonchev–Trinajstić information content (AvgIpc) is 2.19. The molecule has 5 heteroatoms. The first-order valence-electron chi connectivity index (χ1n) is 4.49. The number of carbonyl (C=O) groups is 1. The lowest BCUT2D eigenvalue weighted by Gasteiger charge is -2.40. The normalized spacial score (nSPS) is 29.6. The van der Waals surface area contributed by atoms with Crippen molar-refractivity contribution in [1.82, 2.24) is 15.1 Å². The van der Waals surface area contributed by atoms with E-state index in [9.17, 15) is 4.79 Å². The summed E-state index contributed by atoms with van der Waals surface area (Å²) in [7, 11) is 0. The molecule has 0 radical (unpaired) electrons. The molecule has 2 aliphatic heterocycles. The van der Waals surface area contributed by atoms with Crippen molar-refractivity contribution >= 4 is 5.91 Å². The topological polar surface area (TPSA) is 59.4 Å². The summed E-state index contributed by atoms with van der Waals surface area (Å²) in [5.41, 5.74) is 0. The van der Waals surface area contributed by atoms with Gasteiger partial charge in [-0.25, -0.2) is 4.90 Å². The van der Waals surface area contributed by atoms with E-state index in [1.165, 1.54) is 4.90 Å². The Bertz CT molecular complexity index is 259. The molecule has 13 heavy (non-hydrogen) atoms. The van der Waals surface area contributed by atoms with E-state index in [0.717, 1.165) is 19.6 Å². The second kappa shape index (κ2) is 3.32. The molecule has 0 aromatic heterocycles. The van der Waals surface area contributed by atoms with Crippen molar-refractivity contribution < 1.29 is 4.79 Å². The zero-order valence-corrected chi connectivity index (χ0v) is 7.36. The van der Waals surface area contributed by atoms with E-state index in [0.29, 0.717) is 13.1 Å². The van der Waals surface area contributed by atoms with Crippen LogP contribution < -0.4 is 5.32 Å². The van der Waals surface area contributed by atoms with E-state index < -0.39 is 0 Å². The molecule has 2 aliphatic rings. The number of hydrogen-bond acceptors (Lipinski definition) is 4. The van der Waals surface area contributed by atoms with E-state index in [1.807, 2.05) is 6.19 Å². The fourth-order valence-corrected chi connectivity index (χ4v) is 1.88. The molecule has 1 atom stereocenters. The summed E-state index contributed by atoms with van der Waals surface area (Å²) in [5.74, 6) is -0.0547. The van der Waals surface area contributed by atoms with Crippen molar-refractivity contribution in [2.24, 2.45) is 0 Å². The van der Waals surface area contributed by atoms with Crippen LogP contribution in [0.25, 0.3) is 0 Å². The van der Waals surface area contributed by atoms with Gasteiger partial charge >= 0.3 is 0 Å². The molecule has 0 aromatic rings. The smallest absolute Gasteiger partial charge is 0.254 e. The maximum absolute atomic E-state index is 11.6. The van der Waals surface area contributed by atoms with Gasteiger partial charge in [-0.05, 0) is 0 Å². The molecule has 2 heterocycles. The molecule has 2 saturated heterocycles. The second-order valence-electron chi connectivity index (χ2n) is 3.35. The van der Waals surface area contributed by atoms with Gasteiger partial charge in [0.25, 0.3) is 5.91 Å². The lowest BCUT2D eigenvalue weighted by Crippen LogP contribution is -2.63. The molecule has 1 amide bonds. The molecular formula is C8H12N4O. The van der Waals surface area contributed by atoms with Crippen molar-refractivity contribution in [1.29, 1.82) is 5.26 Å². The summed E-state index contributed by atoms with van der Waals surface area (Å²) in [6, 6.07) is -0.109. The SMILES string of the molecule is N#CN1CCN2CCNCC2C1=O. The van der Waals surface area contributed by atoms with Gasteiger partial charge in [0.05, 0.1) is 0 Å². The van der Waals surface area contributed by atoms with Gasteiger partial charge in [-0.2, -0.15) is 5.26 Å². The van der Waals surface area contributed by atoms with Gasteiger partial charge in [0.2, 0.25) is 0 Å². The van der Waals surface area contributed by atoms with Crippen molar-refractivity contribution in [3.63, 3.8) is 0 Å². The first kappa shape index (κ1) is 8.48. The molecule has 70 valence electrons. The van der Waals surface area contributed by atoms with Crippen LogP contribution in [0, 0.1) is 11.5 Å². The number of piperazine rings is 2. The summed E-state index contributed by atoms with van der Waals surface area (Å²) < 4.78 is 0. The van der Waals surface area contributed by atoms with Gasteiger partial charge in [0.1, 0.15) is 6.04 Å². The quantitative estimate of drug-likeness (QED) is 0.465. The number of nitrogens with one attached hydrogen (secondary N) is 1. The molecule has 1 N–H and O–H groups in total. The molecule has 5 nitrogen and oxygen atoms in total. The predicted molar refractivity (Wildman–Crippen MR) is 45.6 cm³/mol. The van der Waals surface area contributed by atoms with Crippen LogP contribution in [0.5, 0.6) is 0 Å². The van der Waals surface area contributed by atoms with Crippen molar-refractivity contribution in [2.45, 2.75) is 6.04 Å². The van der Waals surface area contributed by atoms with Gasteiger partial charge in [-0.3, -0.25) is 9.69 Å². The van der Waals surface area contributed by atoms with Crippen LogP contribution in [0.2, 0.25) is 0 Å². The molecular weight excluding hydrogens is 168 g/mol. The molecule has 2 fully saturated rings. The van der Waals surface area contributed by atoms with E-state index in [4.69, 9.17) is 5.26 Å². The second-order valence-corrected chi connectivity index (χ2v) is 3.35. The van der Waals surface area contributed by atoms with Crippen molar-refractivity contribution in [2.75, 3.05) is 32.7 Å². The van der Waals surface area contributed by atoms with Gasteiger partial charge in [0.15, 0.2) is 6.19 Å². The summed E-state index contributed by atoms with van der Waals surface area (Å²) >= 11 is 0. The molecule has 0 aromatic carbocycles. The summed E-state index contributed by atoms with van der Waals surface area (Å²) in [6.07, 6.45) is 1.92. The van der Waals surface area contributed by atoms with Crippen LogP contribution >= 0.6 is 0 Å². The molecule has 1 unspecified atom stereocenters. The van der Waals surface area contributed by atoms with Gasteiger partial charge in [0, 0.05) is 32.7 Å². The highest BCUT2D eigenvalue weighted by molar-refractivity contribution is 5.84. The fourth-order valence-electron chi connectivity index (χ4n) is 1.88. The largest absolute Gasteiger partial charge is 0.313 e. The fraction of sp³-hybridized carbons (Fsp3) is 0.750. The summed E-state index contributed by atoms with van der Waals surface area (Å²) in [4.78, 5) is 15.0. The van der Waals surface area contributed by atoms with Crippen molar-refractivity contribution in [3.8, 4) is 6.19 Å². The maximum Gasteiger partial charge on any atom is 0.254 e. The third-order valence-electron chi connectivity index (χ3n) is 2.64. The number of fused-ring (bicyclic) bond motifs is 1. The number of carbonyl (C=O) groups excluding carboxylic acids is 1. The van der Waals surface area contributed by atoms with Crippen LogP contribution in [-0.4, -0.2) is 54.5 Å². The minimum absolute atomic E-state index is 0.0547. The number of rotatable bonds is 0. The van der Waals surface area contributed by atoms with E-state index >= 15 is 0 Å². The third-order valence-corrected chi connectivity index (χ3v) is 2.64. The Balaban J connectivity index is 2.10. The molecule has 2 rings (SSSR count). The summed E-state index contributed by atoms with van der Waals surface area (Å²) in [6.45, 7) is 3.90. The monoisotopic (exact) mass is 180 g/mol. The Hall–Kier alpha value is -1.12. The average molecular weight is 180 g/mol. The van der Waals surface area contributed by atoms with E-state index in [2.05, 4.69) is 10.2 Å². The van der Waals surface area contributed by atoms with E-state index in [-0.39, 0.29) is 11.9 Å². The highest BCUT2D eigenvalue weighted by atomic mass is 16.2. The minimum Gasteiger partial charge on any atom is -0.313 e. The standard InChI is InChI=1S/C8H12N4O/c9-6-12-4-3-11-2-1-10-5-7(11)8(12)13/h7,10H,1-5H2. The summed E-state index contributed by atoms with van der Waals surface area (Å²) in [5, 5.41) is 11.8. The number of nitriles is 1. The number of amides is 1. The Labute approximate surface area is 76.9 Å². The molecule has 0 spiro atoms. The Kier molecular flexibility index (Phi) is 2.17.